The Balaban J connectivity index is 1.60. The zero-order valence-corrected chi connectivity index (χ0v) is 13.6. The van der Waals surface area contributed by atoms with Crippen LogP contribution in [0.25, 0.3) is 11.5 Å². The smallest absolute Gasteiger partial charge is 0.338 e. The maximum Gasteiger partial charge on any atom is 0.338 e. The second-order valence-corrected chi connectivity index (χ2v) is 5.18. The molecule has 2 aromatic carbocycles. The fourth-order valence-electron chi connectivity index (χ4n) is 2.16. The molecule has 25 heavy (non-hydrogen) atoms. The molecular formula is C19H16FNO4. The quantitative estimate of drug-likeness (QED) is 0.628. The van der Waals surface area contributed by atoms with Gasteiger partial charge in [-0.05, 0) is 55.5 Å². The summed E-state index contributed by atoms with van der Waals surface area (Å²) in [7, 11) is 0. The normalized spacial score (nSPS) is 10.5. The van der Waals surface area contributed by atoms with E-state index >= 15 is 0 Å². The first-order valence-electron chi connectivity index (χ1n) is 7.76. The van der Waals surface area contributed by atoms with Crippen LogP contribution < -0.4 is 4.74 Å². The summed E-state index contributed by atoms with van der Waals surface area (Å²) in [6, 6.07) is 12.5. The van der Waals surface area contributed by atoms with Crippen LogP contribution in [-0.2, 0) is 11.3 Å². The van der Waals surface area contributed by atoms with E-state index in [4.69, 9.17) is 13.9 Å². The van der Waals surface area contributed by atoms with Gasteiger partial charge in [0.05, 0.1) is 12.2 Å². The van der Waals surface area contributed by atoms with Crippen molar-refractivity contribution in [2.45, 2.75) is 13.5 Å². The third-order valence-electron chi connectivity index (χ3n) is 3.40. The average molecular weight is 341 g/mol. The molecule has 0 bridgehead atoms. The zero-order chi connectivity index (χ0) is 17.6. The fraction of sp³-hybridized carbons (Fsp3) is 0.158. The van der Waals surface area contributed by atoms with E-state index in [2.05, 4.69) is 4.98 Å². The maximum absolute atomic E-state index is 12.9. The van der Waals surface area contributed by atoms with Crippen LogP contribution in [0.3, 0.4) is 0 Å². The molecule has 0 N–H and O–H groups in total. The number of carbonyl (C=O) groups is 1. The van der Waals surface area contributed by atoms with Crippen LogP contribution in [-0.4, -0.2) is 17.6 Å². The number of rotatable bonds is 6. The van der Waals surface area contributed by atoms with Gasteiger partial charge >= 0.3 is 5.97 Å². The number of aromatic nitrogens is 1. The highest BCUT2D eigenvalue weighted by Gasteiger charge is 2.09. The predicted octanol–water partition coefficient (Wildman–Crippen LogP) is 4.24. The summed E-state index contributed by atoms with van der Waals surface area (Å²) in [4.78, 5) is 15.9. The summed E-state index contributed by atoms with van der Waals surface area (Å²) in [6.07, 6.45) is 1.49. The lowest BCUT2D eigenvalue weighted by molar-refractivity contribution is 0.0526. The van der Waals surface area contributed by atoms with Crippen molar-refractivity contribution in [1.82, 2.24) is 4.98 Å². The maximum atomic E-state index is 12.9. The molecule has 3 rings (SSSR count). The van der Waals surface area contributed by atoms with Gasteiger partial charge in [0, 0.05) is 5.56 Å². The van der Waals surface area contributed by atoms with E-state index in [9.17, 15) is 9.18 Å². The number of oxazole rings is 1. The van der Waals surface area contributed by atoms with Gasteiger partial charge in [-0.25, -0.2) is 14.2 Å². The van der Waals surface area contributed by atoms with Crippen LogP contribution in [0.2, 0.25) is 0 Å². The number of hydrogen-bond acceptors (Lipinski definition) is 5. The van der Waals surface area contributed by atoms with Crippen LogP contribution in [0.15, 0.2) is 59.2 Å². The van der Waals surface area contributed by atoms with Crippen molar-refractivity contribution < 1.29 is 23.1 Å². The van der Waals surface area contributed by atoms with E-state index in [0.717, 1.165) is 0 Å². The molecule has 0 aliphatic heterocycles. The molecule has 0 saturated heterocycles. The third kappa shape index (κ3) is 4.23. The van der Waals surface area contributed by atoms with Crippen molar-refractivity contribution in [3.8, 4) is 17.2 Å². The minimum absolute atomic E-state index is 0.212. The molecule has 0 radical (unpaired) electrons. The molecule has 0 atom stereocenters. The number of halogens is 1. The number of carbonyl (C=O) groups excluding carboxylic acids is 1. The molecule has 0 aliphatic rings. The lowest BCUT2D eigenvalue weighted by Crippen LogP contribution is -2.04. The van der Waals surface area contributed by atoms with Gasteiger partial charge in [0.1, 0.15) is 30.1 Å². The molecule has 1 aromatic heterocycles. The number of esters is 1. The predicted molar refractivity (Wildman–Crippen MR) is 88.6 cm³/mol. The number of nitrogens with zero attached hydrogens (tertiary/aromatic N) is 1. The minimum atomic E-state index is -0.366. The Morgan fingerprint density at radius 3 is 2.52 bits per heavy atom. The summed E-state index contributed by atoms with van der Waals surface area (Å²) in [5.74, 6) is 0.315. The Hall–Kier alpha value is -3.15. The van der Waals surface area contributed by atoms with Crippen LogP contribution in [0.5, 0.6) is 5.75 Å². The molecule has 0 fully saturated rings. The van der Waals surface area contributed by atoms with Gasteiger partial charge in [-0.2, -0.15) is 0 Å². The van der Waals surface area contributed by atoms with Gasteiger partial charge < -0.3 is 13.9 Å². The first-order valence-corrected chi connectivity index (χ1v) is 7.76. The summed E-state index contributed by atoms with van der Waals surface area (Å²) >= 11 is 0. The summed E-state index contributed by atoms with van der Waals surface area (Å²) in [5, 5.41) is 0. The van der Waals surface area contributed by atoms with Crippen molar-refractivity contribution in [2.75, 3.05) is 6.61 Å². The van der Waals surface area contributed by atoms with Gasteiger partial charge in [0.15, 0.2) is 0 Å². The molecule has 5 nitrogen and oxygen atoms in total. The molecular weight excluding hydrogens is 325 g/mol. The van der Waals surface area contributed by atoms with Gasteiger partial charge in [0.25, 0.3) is 0 Å². The molecule has 0 spiro atoms. The standard InChI is InChI=1S/C19H16FNO4/c1-2-23-19(22)14-5-9-17(10-6-14)24-11-16-12-25-18(21-16)13-3-7-15(20)8-4-13/h3-10,12H,2,11H2,1H3. The van der Waals surface area contributed by atoms with Gasteiger partial charge in [0.2, 0.25) is 5.89 Å². The Labute approximate surface area is 144 Å². The highest BCUT2D eigenvalue weighted by Crippen LogP contribution is 2.20. The van der Waals surface area contributed by atoms with E-state index in [0.29, 0.717) is 35.1 Å². The van der Waals surface area contributed by atoms with Crippen molar-refractivity contribution in [2.24, 2.45) is 0 Å². The molecule has 0 aliphatic carbocycles. The third-order valence-corrected chi connectivity index (χ3v) is 3.40. The summed E-state index contributed by atoms with van der Waals surface area (Å²) in [6.45, 7) is 2.30. The number of benzene rings is 2. The van der Waals surface area contributed by atoms with Crippen LogP contribution in [0, 0.1) is 5.82 Å². The fourth-order valence-corrected chi connectivity index (χ4v) is 2.16. The first kappa shape index (κ1) is 16.7. The van der Waals surface area contributed by atoms with E-state index in [1.807, 2.05) is 0 Å². The first-order chi connectivity index (χ1) is 12.2. The molecule has 3 aromatic rings. The highest BCUT2D eigenvalue weighted by molar-refractivity contribution is 5.89. The Kier molecular flexibility index (Phi) is 5.09. The Morgan fingerprint density at radius 2 is 1.84 bits per heavy atom. The lowest BCUT2D eigenvalue weighted by atomic mass is 10.2. The van der Waals surface area contributed by atoms with Crippen LogP contribution in [0.4, 0.5) is 4.39 Å². The Morgan fingerprint density at radius 1 is 1.12 bits per heavy atom. The zero-order valence-electron chi connectivity index (χ0n) is 13.6. The Bertz CT molecular complexity index is 841. The second-order valence-electron chi connectivity index (χ2n) is 5.18. The molecule has 1 heterocycles. The van der Waals surface area contributed by atoms with Gasteiger partial charge in [-0.3, -0.25) is 0 Å². The van der Waals surface area contributed by atoms with Crippen LogP contribution >= 0.6 is 0 Å². The van der Waals surface area contributed by atoms with Crippen molar-refractivity contribution in [1.29, 1.82) is 0 Å². The van der Waals surface area contributed by atoms with Crippen molar-refractivity contribution in [3.63, 3.8) is 0 Å². The number of ether oxygens (including phenoxy) is 2. The van der Waals surface area contributed by atoms with E-state index in [1.54, 1.807) is 43.3 Å². The summed E-state index contributed by atoms with van der Waals surface area (Å²) < 4.78 is 28.9. The average Bonchev–Trinajstić information content (AvgIpc) is 3.10. The topological polar surface area (TPSA) is 61.6 Å². The van der Waals surface area contributed by atoms with Gasteiger partial charge in [-0.1, -0.05) is 0 Å². The second kappa shape index (κ2) is 7.61. The van der Waals surface area contributed by atoms with Crippen LogP contribution in [0.1, 0.15) is 23.0 Å². The SMILES string of the molecule is CCOC(=O)c1ccc(OCc2coc(-c3ccc(F)cc3)n2)cc1. The highest BCUT2D eigenvalue weighted by atomic mass is 19.1. The summed E-state index contributed by atoms with van der Waals surface area (Å²) in [5.41, 5.74) is 1.76. The largest absolute Gasteiger partial charge is 0.487 e. The molecule has 6 heteroatoms. The molecule has 0 saturated carbocycles. The van der Waals surface area contributed by atoms with Gasteiger partial charge in [-0.15, -0.1) is 0 Å². The van der Waals surface area contributed by atoms with E-state index < -0.39 is 0 Å². The minimum Gasteiger partial charge on any atom is -0.487 e. The molecule has 0 amide bonds. The number of hydrogen-bond donors (Lipinski definition) is 0. The van der Waals surface area contributed by atoms with E-state index in [1.165, 1.54) is 18.4 Å². The molecule has 0 unspecified atom stereocenters. The van der Waals surface area contributed by atoms with Crippen molar-refractivity contribution >= 4 is 5.97 Å². The van der Waals surface area contributed by atoms with E-state index in [-0.39, 0.29) is 18.4 Å². The molecule has 128 valence electrons. The van der Waals surface area contributed by atoms with Crippen molar-refractivity contribution in [3.05, 3.63) is 71.9 Å². The lowest BCUT2D eigenvalue weighted by Gasteiger charge is -2.05. The monoisotopic (exact) mass is 341 g/mol.